The van der Waals surface area contributed by atoms with Crippen LogP contribution in [0.15, 0.2) is 12.1 Å². The Bertz CT molecular complexity index is 1130. The first kappa shape index (κ1) is 24.2. The van der Waals surface area contributed by atoms with Gasteiger partial charge in [-0.15, -0.1) is 0 Å². The number of ether oxygens (including phenoxy) is 1. The van der Waals surface area contributed by atoms with Crippen molar-refractivity contribution in [1.29, 1.82) is 0 Å². The fraction of sp³-hybridized carbons (Fsp3) is 0.522. The van der Waals surface area contributed by atoms with Crippen molar-refractivity contribution in [2.24, 2.45) is 5.41 Å². The van der Waals surface area contributed by atoms with E-state index in [2.05, 4.69) is 10.4 Å². The van der Waals surface area contributed by atoms with Crippen molar-refractivity contribution < 1.29 is 32.6 Å². The maximum atomic E-state index is 14.5. The third-order valence-electron chi connectivity index (χ3n) is 6.13. The molecule has 2 aromatic rings. The molecule has 4 rings (SSSR count). The fourth-order valence-corrected chi connectivity index (χ4v) is 4.28. The number of hydrogen-bond donors (Lipinski definition) is 2. The Morgan fingerprint density at radius 3 is 2.56 bits per heavy atom. The minimum absolute atomic E-state index is 0.0175. The highest BCUT2D eigenvalue weighted by Gasteiger charge is 2.39. The largest absolute Gasteiger partial charge is 0.391 e. The molecule has 1 aromatic carbocycles. The smallest absolute Gasteiger partial charge is 0.343 e. The van der Waals surface area contributed by atoms with Gasteiger partial charge in [-0.1, -0.05) is 20.8 Å². The van der Waals surface area contributed by atoms with Gasteiger partial charge in [0.15, 0.2) is 11.6 Å². The number of halogens is 3. The molecule has 1 aromatic heterocycles. The number of benzene rings is 1. The van der Waals surface area contributed by atoms with Crippen LogP contribution in [0.1, 0.15) is 38.4 Å². The van der Waals surface area contributed by atoms with Crippen LogP contribution in [0.4, 0.5) is 18.0 Å². The minimum atomic E-state index is -1.33. The third-order valence-corrected chi connectivity index (χ3v) is 6.13. The molecule has 0 bridgehead atoms. The molecule has 34 heavy (non-hydrogen) atoms. The van der Waals surface area contributed by atoms with Gasteiger partial charge in [-0.05, 0) is 17.9 Å². The number of aliphatic hydroxyl groups is 1. The summed E-state index contributed by atoms with van der Waals surface area (Å²) in [6, 6.07) is -0.503. The van der Waals surface area contributed by atoms with Crippen LogP contribution in [0, 0.1) is 22.9 Å². The highest BCUT2D eigenvalue weighted by atomic mass is 19.2. The fourth-order valence-electron chi connectivity index (χ4n) is 4.28. The van der Waals surface area contributed by atoms with E-state index in [0.717, 1.165) is 4.68 Å². The lowest BCUT2D eigenvalue weighted by Crippen LogP contribution is -2.55. The van der Waals surface area contributed by atoms with Gasteiger partial charge in [0.05, 0.1) is 25.0 Å². The van der Waals surface area contributed by atoms with E-state index in [0.29, 0.717) is 43.0 Å². The standard InChI is InChI=1S/C23H27F3N4O4/c1-23(2,3)20(21(32)29-6-4-12(31)10-29)27-22(33)30-18-5-7-34-11-14(18)19(28-30)13-8-16(25)17(26)9-15(13)24/h8-9,12,20,31H,4-7,10-11H2,1-3H3,(H,27,33). The quantitative estimate of drug-likeness (QED) is 0.659. The van der Waals surface area contributed by atoms with Crippen LogP contribution in [0.25, 0.3) is 11.3 Å². The van der Waals surface area contributed by atoms with E-state index >= 15 is 0 Å². The number of hydrogen-bond acceptors (Lipinski definition) is 5. The predicted molar refractivity (Wildman–Crippen MR) is 115 cm³/mol. The number of fused-ring (bicyclic) bond motifs is 1. The van der Waals surface area contributed by atoms with Gasteiger partial charge >= 0.3 is 6.03 Å². The number of aromatic nitrogens is 2. The summed E-state index contributed by atoms with van der Waals surface area (Å²) in [6.07, 6.45) is 0.145. The van der Waals surface area contributed by atoms with E-state index in [1.807, 2.05) is 0 Å². The molecule has 0 saturated carbocycles. The molecule has 2 aliphatic heterocycles. The minimum Gasteiger partial charge on any atom is -0.391 e. The van der Waals surface area contributed by atoms with E-state index in [1.54, 1.807) is 20.8 Å². The number of β-amino-alcohol motifs (C(OH)–C–C–N with tert-alkyl or cyclic N) is 1. The van der Waals surface area contributed by atoms with Crippen LogP contribution >= 0.6 is 0 Å². The molecule has 11 heteroatoms. The van der Waals surface area contributed by atoms with Crippen molar-refractivity contribution in [1.82, 2.24) is 20.0 Å². The van der Waals surface area contributed by atoms with Crippen LogP contribution in [0.2, 0.25) is 0 Å². The molecule has 0 spiro atoms. The first-order valence-corrected chi connectivity index (χ1v) is 11.1. The van der Waals surface area contributed by atoms with Gasteiger partial charge in [0.1, 0.15) is 17.6 Å². The lowest BCUT2D eigenvalue weighted by molar-refractivity contribution is -0.135. The number of nitrogens with one attached hydrogen (secondary N) is 1. The molecule has 2 unspecified atom stereocenters. The average Bonchev–Trinajstić information content (AvgIpc) is 3.37. The molecule has 2 aliphatic rings. The summed E-state index contributed by atoms with van der Waals surface area (Å²) >= 11 is 0. The molecule has 1 saturated heterocycles. The summed E-state index contributed by atoms with van der Waals surface area (Å²) in [5, 5.41) is 16.8. The number of carbonyl (C=O) groups excluding carboxylic acids is 2. The summed E-state index contributed by atoms with van der Waals surface area (Å²) in [7, 11) is 0. The Morgan fingerprint density at radius 1 is 1.21 bits per heavy atom. The lowest BCUT2D eigenvalue weighted by Gasteiger charge is -2.33. The monoisotopic (exact) mass is 480 g/mol. The normalized spacial score (nSPS) is 19.1. The summed E-state index contributed by atoms with van der Waals surface area (Å²) < 4.78 is 48.3. The summed E-state index contributed by atoms with van der Waals surface area (Å²) in [5.41, 5.74) is -0.137. The molecule has 2 N–H and O–H groups in total. The topological polar surface area (TPSA) is 96.7 Å². The van der Waals surface area contributed by atoms with Crippen molar-refractivity contribution in [3.8, 4) is 11.3 Å². The van der Waals surface area contributed by atoms with E-state index in [4.69, 9.17) is 4.74 Å². The lowest BCUT2D eigenvalue weighted by atomic mass is 9.86. The van der Waals surface area contributed by atoms with Gasteiger partial charge in [0.25, 0.3) is 0 Å². The maximum Gasteiger partial charge on any atom is 0.343 e. The molecule has 2 amide bonds. The number of rotatable bonds is 3. The van der Waals surface area contributed by atoms with E-state index in [9.17, 15) is 27.9 Å². The highest BCUT2D eigenvalue weighted by Crippen LogP contribution is 2.32. The highest BCUT2D eigenvalue weighted by molar-refractivity contribution is 5.89. The number of likely N-dealkylation sites (tertiary alicyclic amines) is 1. The second-order valence-electron chi connectivity index (χ2n) is 9.71. The van der Waals surface area contributed by atoms with E-state index in [-0.39, 0.29) is 36.7 Å². The maximum absolute atomic E-state index is 14.5. The molecule has 184 valence electrons. The van der Waals surface area contributed by atoms with Gasteiger partial charge in [-0.3, -0.25) is 4.79 Å². The van der Waals surface area contributed by atoms with Crippen LogP contribution in [0.3, 0.4) is 0 Å². The Labute approximate surface area is 194 Å². The summed E-state index contributed by atoms with van der Waals surface area (Å²) in [4.78, 5) is 28.0. The van der Waals surface area contributed by atoms with Crippen molar-refractivity contribution in [2.45, 2.75) is 52.4 Å². The van der Waals surface area contributed by atoms with Crippen molar-refractivity contribution in [3.05, 3.63) is 40.8 Å². The Hall–Kier alpha value is -2.92. The zero-order chi connectivity index (χ0) is 24.8. The number of nitrogens with zero attached hydrogens (tertiary/aromatic N) is 3. The van der Waals surface area contributed by atoms with Crippen LogP contribution < -0.4 is 5.32 Å². The van der Waals surface area contributed by atoms with E-state index in [1.165, 1.54) is 4.90 Å². The molecule has 0 aliphatic carbocycles. The van der Waals surface area contributed by atoms with Crippen LogP contribution in [-0.4, -0.2) is 63.6 Å². The molecular formula is C23H27F3N4O4. The molecule has 0 radical (unpaired) electrons. The Morgan fingerprint density at radius 2 is 1.91 bits per heavy atom. The summed E-state index contributed by atoms with van der Waals surface area (Å²) in [5.74, 6) is -3.92. The van der Waals surface area contributed by atoms with Crippen molar-refractivity contribution in [3.63, 3.8) is 0 Å². The number of aliphatic hydroxyl groups excluding tert-OH is 1. The van der Waals surface area contributed by atoms with Gasteiger partial charge in [0.2, 0.25) is 5.91 Å². The average molecular weight is 480 g/mol. The Kier molecular flexibility index (Phi) is 6.43. The molecule has 2 atom stereocenters. The van der Waals surface area contributed by atoms with E-state index < -0.39 is 41.0 Å². The molecular weight excluding hydrogens is 453 g/mol. The second-order valence-corrected chi connectivity index (χ2v) is 9.71. The van der Waals surface area contributed by atoms with Gasteiger partial charge in [-0.2, -0.15) is 9.78 Å². The molecule has 3 heterocycles. The van der Waals surface area contributed by atoms with Gasteiger partial charge < -0.3 is 20.1 Å². The van der Waals surface area contributed by atoms with Crippen LogP contribution in [-0.2, 0) is 22.6 Å². The van der Waals surface area contributed by atoms with Crippen molar-refractivity contribution in [2.75, 3.05) is 19.7 Å². The van der Waals surface area contributed by atoms with Crippen LogP contribution in [0.5, 0.6) is 0 Å². The Balaban J connectivity index is 1.69. The van der Waals surface area contributed by atoms with Crippen molar-refractivity contribution >= 4 is 11.9 Å². The third kappa shape index (κ3) is 4.54. The second kappa shape index (κ2) is 9.03. The summed E-state index contributed by atoms with van der Waals surface area (Å²) in [6.45, 7) is 6.29. The predicted octanol–water partition coefficient (Wildman–Crippen LogP) is 2.61. The first-order chi connectivity index (χ1) is 16.0. The number of amides is 2. The van der Waals surface area contributed by atoms with Gasteiger partial charge in [0, 0.05) is 36.7 Å². The zero-order valence-corrected chi connectivity index (χ0v) is 19.2. The molecule has 8 nitrogen and oxygen atoms in total. The zero-order valence-electron chi connectivity index (χ0n) is 19.2. The first-order valence-electron chi connectivity index (χ1n) is 11.1. The number of carbonyl (C=O) groups is 2. The van der Waals surface area contributed by atoms with Gasteiger partial charge in [-0.25, -0.2) is 18.0 Å². The SMILES string of the molecule is CC(C)(C)C(NC(=O)n1nc(-c2cc(F)c(F)cc2F)c2c1CCOC2)C(=O)N1CCC(O)C1. The molecule has 1 fully saturated rings.